The van der Waals surface area contributed by atoms with Gasteiger partial charge < -0.3 is 24.6 Å². The van der Waals surface area contributed by atoms with E-state index < -0.39 is 23.7 Å². The molecule has 0 spiro atoms. The number of aryl methyl sites for hydroxylation is 1. The number of hydrogen-bond acceptors (Lipinski definition) is 6. The number of ketones is 1. The number of aromatic amines is 1. The van der Waals surface area contributed by atoms with Crippen molar-refractivity contribution in [1.82, 2.24) is 14.8 Å². The topological polar surface area (TPSA) is 103 Å². The van der Waals surface area contributed by atoms with Crippen molar-refractivity contribution >= 4 is 35.0 Å². The molecular formula is C26H32ClN3O5. The van der Waals surface area contributed by atoms with Crippen molar-refractivity contribution in [2.75, 3.05) is 33.3 Å². The van der Waals surface area contributed by atoms with Crippen LogP contribution in [0.3, 0.4) is 0 Å². The Balaban J connectivity index is 2.11. The van der Waals surface area contributed by atoms with Crippen molar-refractivity contribution in [1.29, 1.82) is 0 Å². The highest BCUT2D eigenvalue weighted by molar-refractivity contribution is 6.46. The normalized spacial score (nSPS) is 17.5. The highest BCUT2D eigenvalue weighted by Crippen LogP contribution is 2.41. The maximum absolute atomic E-state index is 13.3. The first-order chi connectivity index (χ1) is 16.7. The van der Waals surface area contributed by atoms with Crippen molar-refractivity contribution < 1.29 is 24.2 Å². The molecule has 0 radical (unpaired) electrons. The van der Waals surface area contributed by atoms with E-state index in [0.717, 1.165) is 19.6 Å². The summed E-state index contributed by atoms with van der Waals surface area (Å²) in [5.74, 6) is -2.33. The molecule has 1 aliphatic heterocycles. The molecule has 0 bridgehead atoms. The number of Topliss-reactive ketones (excluding diaryl/α,β-unsaturated/α-hetero) is 1. The summed E-state index contributed by atoms with van der Waals surface area (Å²) < 4.78 is 4.82. The Morgan fingerprint density at radius 1 is 1.17 bits per heavy atom. The summed E-state index contributed by atoms with van der Waals surface area (Å²) in [6, 6.07) is 6.10. The third kappa shape index (κ3) is 5.13. The number of aliphatic hydroxyl groups excluding tert-OH is 1. The number of carbonyl (C=O) groups excluding carboxylic acids is 3. The van der Waals surface area contributed by atoms with Gasteiger partial charge in [-0.15, -0.1) is 0 Å². The van der Waals surface area contributed by atoms with Gasteiger partial charge in [-0.05, 0) is 63.2 Å². The monoisotopic (exact) mass is 501 g/mol. The molecule has 1 unspecified atom stereocenters. The van der Waals surface area contributed by atoms with Crippen molar-refractivity contribution in [2.24, 2.45) is 0 Å². The van der Waals surface area contributed by atoms with Crippen LogP contribution in [-0.2, 0) is 14.3 Å². The molecule has 1 aromatic heterocycles. The Bertz CT molecular complexity index is 1150. The quantitative estimate of drug-likeness (QED) is 0.231. The Morgan fingerprint density at radius 2 is 1.80 bits per heavy atom. The molecule has 1 aliphatic rings. The molecule has 2 N–H and O–H groups in total. The molecule has 0 aliphatic carbocycles. The third-order valence-electron chi connectivity index (χ3n) is 6.56. The van der Waals surface area contributed by atoms with Gasteiger partial charge in [0.2, 0.25) is 0 Å². The highest BCUT2D eigenvalue weighted by atomic mass is 35.5. The lowest BCUT2D eigenvalue weighted by Gasteiger charge is -2.27. The van der Waals surface area contributed by atoms with Gasteiger partial charge in [0.25, 0.3) is 11.7 Å². The Kier molecular flexibility index (Phi) is 8.40. The van der Waals surface area contributed by atoms with E-state index in [1.54, 1.807) is 38.1 Å². The first-order valence-corrected chi connectivity index (χ1v) is 12.1. The fourth-order valence-electron chi connectivity index (χ4n) is 4.65. The maximum atomic E-state index is 13.3. The van der Waals surface area contributed by atoms with Gasteiger partial charge in [0.1, 0.15) is 11.5 Å². The molecule has 188 valence electrons. The molecule has 0 saturated carbocycles. The number of rotatable bonds is 9. The van der Waals surface area contributed by atoms with Crippen LogP contribution in [0.1, 0.15) is 59.2 Å². The number of aliphatic hydroxyl groups is 1. The summed E-state index contributed by atoms with van der Waals surface area (Å²) in [5, 5.41) is 11.9. The third-order valence-corrected chi connectivity index (χ3v) is 6.81. The Hall–Kier alpha value is -3.10. The molecule has 2 aromatic rings. The number of benzene rings is 1. The molecule has 35 heavy (non-hydrogen) atoms. The average molecular weight is 502 g/mol. The standard InChI is InChI=1S/C26H32ClN3O5/c1-6-29(7-2)13-8-14-30-22(17-9-11-18(27)12-10-17)20(24(32)25(30)33)23(31)19-15(3)21(26(34)35-5)28-16(19)4/h9-12,22,28,31H,6-8,13-14H2,1-5H3/b23-20+. The van der Waals surface area contributed by atoms with E-state index in [0.29, 0.717) is 40.4 Å². The van der Waals surface area contributed by atoms with E-state index >= 15 is 0 Å². The molecule has 2 heterocycles. The van der Waals surface area contributed by atoms with E-state index in [1.807, 2.05) is 0 Å². The second kappa shape index (κ2) is 11.1. The summed E-state index contributed by atoms with van der Waals surface area (Å²) >= 11 is 6.08. The van der Waals surface area contributed by atoms with Gasteiger partial charge in [-0.2, -0.15) is 0 Å². The Morgan fingerprint density at radius 3 is 2.37 bits per heavy atom. The number of nitrogens with zero attached hydrogens (tertiary/aromatic N) is 2. The van der Waals surface area contributed by atoms with Crippen LogP contribution >= 0.6 is 11.6 Å². The fraction of sp³-hybridized carbons (Fsp3) is 0.423. The van der Waals surface area contributed by atoms with Gasteiger partial charge in [-0.3, -0.25) is 9.59 Å². The molecule has 1 amide bonds. The number of hydrogen-bond donors (Lipinski definition) is 2. The minimum Gasteiger partial charge on any atom is -0.507 e. The molecule has 1 saturated heterocycles. The predicted molar refractivity (Wildman–Crippen MR) is 134 cm³/mol. The lowest BCUT2D eigenvalue weighted by Crippen LogP contribution is -2.33. The van der Waals surface area contributed by atoms with E-state index in [-0.39, 0.29) is 17.0 Å². The van der Waals surface area contributed by atoms with Crippen LogP contribution in [0.2, 0.25) is 5.02 Å². The van der Waals surface area contributed by atoms with Crippen molar-refractivity contribution in [2.45, 2.75) is 40.2 Å². The summed E-state index contributed by atoms with van der Waals surface area (Å²) in [7, 11) is 1.27. The van der Waals surface area contributed by atoms with Crippen LogP contribution < -0.4 is 0 Å². The van der Waals surface area contributed by atoms with Crippen LogP contribution in [0.25, 0.3) is 5.76 Å². The van der Waals surface area contributed by atoms with E-state index in [1.165, 1.54) is 12.0 Å². The van der Waals surface area contributed by atoms with Crippen LogP contribution in [0.4, 0.5) is 0 Å². The number of carbonyl (C=O) groups is 3. The van der Waals surface area contributed by atoms with Gasteiger partial charge in [-0.25, -0.2) is 4.79 Å². The van der Waals surface area contributed by atoms with Gasteiger partial charge in [0.05, 0.1) is 18.7 Å². The van der Waals surface area contributed by atoms with E-state index in [9.17, 15) is 19.5 Å². The Labute approximate surface area is 210 Å². The molecular weight excluding hydrogens is 470 g/mol. The second-order valence-electron chi connectivity index (χ2n) is 8.54. The maximum Gasteiger partial charge on any atom is 0.354 e. The SMILES string of the molecule is CCN(CC)CCCN1C(=O)C(=O)/C(=C(/O)c2c(C)[nH]c(C(=O)OC)c2C)C1c1ccc(Cl)cc1. The van der Waals surface area contributed by atoms with Crippen molar-refractivity contribution in [3.05, 3.63) is 62.9 Å². The minimum absolute atomic E-state index is 0.0122. The lowest BCUT2D eigenvalue weighted by molar-refractivity contribution is -0.140. The van der Waals surface area contributed by atoms with Gasteiger partial charge >= 0.3 is 5.97 Å². The van der Waals surface area contributed by atoms with E-state index in [4.69, 9.17) is 16.3 Å². The number of halogens is 1. The molecule has 1 atom stereocenters. The number of H-pyrrole nitrogens is 1. The fourth-order valence-corrected chi connectivity index (χ4v) is 4.78. The molecule has 9 heteroatoms. The number of amides is 1. The van der Waals surface area contributed by atoms with Crippen molar-refractivity contribution in [3.63, 3.8) is 0 Å². The predicted octanol–water partition coefficient (Wildman–Crippen LogP) is 4.23. The summed E-state index contributed by atoms with van der Waals surface area (Å²) in [6.45, 7) is 10.4. The smallest absolute Gasteiger partial charge is 0.354 e. The molecule has 1 aromatic carbocycles. The number of likely N-dealkylation sites (tertiary alicyclic amines) is 1. The van der Waals surface area contributed by atoms with Gasteiger partial charge in [0.15, 0.2) is 0 Å². The van der Waals surface area contributed by atoms with Crippen LogP contribution in [0.5, 0.6) is 0 Å². The number of aromatic nitrogens is 1. The van der Waals surface area contributed by atoms with Crippen LogP contribution in [0.15, 0.2) is 29.8 Å². The minimum atomic E-state index is -0.778. The van der Waals surface area contributed by atoms with E-state index in [2.05, 4.69) is 23.7 Å². The number of methoxy groups -OCH3 is 1. The first kappa shape index (κ1) is 26.5. The van der Waals surface area contributed by atoms with Gasteiger partial charge in [0, 0.05) is 22.8 Å². The average Bonchev–Trinajstić information content (AvgIpc) is 3.28. The zero-order chi connectivity index (χ0) is 25.9. The van der Waals surface area contributed by atoms with Crippen LogP contribution in [-0.4, -0.2) is 70.8 Å². The molecule has 1 fully saturated rings. The summed E-state index contributed by atoms with van der Waals surface area (Å²) in [6.07, 6.45) is 0.674. The largest absolute Gasteiger partial charge is 0.507 e. The second-order valence-corrected chi connectivity index (χ2v) is 8.98. The number of ether oxygens (including phenoxy) is 1. The summed E-state index contributed by atoms with van der Waals surface area (Å²) in [5.41, 5.74) is 2.07. The summed E-state index contributed by atoms with van der Waals surface area (Å²) in [4.78, 5) is 45.3. The first-order valence-electron chi connectivity index (χ1n) is 11.7. The lowest BCUT2D eigenvalue weighted by atomic mass is 9.94. The highest BCUT2D eigenvalue weighted by Gasteiger charge is 2.46. The molecule has 8 nitrogen and oxygen atoms in total. The zero-order valence-electron chi connectivity index (χ0n) is 20.8. The zero-order valence-corrected chi connectivity index (χ0v) is 21.5. The number of nitrogens with one attached hydrogen (secondary N) is 1. The molecule has 3 rings (SSSR count). The van der Waals surface area contributed by atoms with Gasteiger partial charge in [-0.1, -0.05) is 37.6 Å². The number of esters is 1. The van der Waals surface area contributed by atoms with Crippen LogP contribution in [0, 0.1) is 13.8 Å². The van der Waals surface area contributed by atoms with Crippen molar-refractivity contribution in [3.8, 4) is 0 Å².